The second-order valence-corrected chi connectivity index (χ2v) is 13.3. The summed E-state index contributed by atoms with van der Waals surface area (Å²) < 4.78 is 11.1. The van der Waals surface area contributed by atoms with Gasteiger partial charge in [0.05, 0.1) is 0 Å². The van der Waals surface area contributed by atoms with Crippen LogP contribution >= 0.6 is 0 Å². The van der Waals surface area contributed by atoms with Gasteiger partial charge < -0.3 is 9.47 Å². The maximum Gasteiger partial charge on any atom is 0.303 e. The third-order valence-corrected chi connectivity index (χ3v) is 10.6. The lowest BCUT2D eigenvalue weighted by Crippen LogP contribution is -2.51. The molecule has 8 atom stereocenters. The minimum Gasteiger partial charge on any atom is -0.462 e. The van der Waals surface area contributed by atoms with Crippen molar-refractivity contribution >= 4 is 11.9 Å². The fraction of sp³-hybridized carbons (Fsp3) is 0.806. The smallest absolute Gasteiger partial charge is 0.303 e. The van der Waals surface area contributed by atoms with Gasteiger partial charge in [0, 0.05) is 26.7 Å². The molecule has 3 fully saturated rings. The van der Waals surface area contributed by atoms with Crippen molar-refractivity contribution < 1.29 is 19.1 Å². The zero-order valence-corrected chi connectivity index (χ0v) is 23.2. The van der Waals surface area contributed by atoms with E-state index in [4.69, 9.17) is 9.47 Å². The topological polar surface area (TPSA) is 52.6 Å². The molecule has 0 saturated heterocycles. The fourth-order valence-corrected chi connectivity index (χ4v) is 9.00. The number of hydrogen-bond donors (Lipinski definition) is 0. The zero-order chi connectivity index (χ0) is 25.6. The van der Waals surface area contributed by atoms with Crippen molar-refractivity contribution in [1.82, 2.24) is 0 Å². The standard InChI is InChI=1S/C31H48O4/c1-20(9-8-16-29(4,5)35-22(3)33)26-12-13-27-25-11-10-23-19-24(34-21(2)32)14-17-30(23,6)28(25)15-18-31(26,27)7/h8-10,20,24-28H,11-19H2,1-7H3/b9-8+/t20-,24+,25+,26-,27+,28+,30+,31-/m1/s1. The molecule has 4 aliphatic carbocycles. The zero-order valence-electron chi connectivity index (χ0n) is 23.2. The van der Waals surface area contributed by atoms with Crippen LogP contribution in [0.15, 0.2) is 23.8 Å². The van der Waals surface area contributed by atoms with E-state index in [0.717, 1.165) is 49.4 Å². The van der Waals surface area contributed by atoms with Gasteiger partial charge >= 0.3 is 11.9 Å². The molecule has 4 aliphatic rings. The highest BCUT2D eigenvalue weighted by Crippen LogP contribution is 2.67. The minimum absolute atomic E-state index is 0.0755. The Bertz CT molecular complexity index is 884. The molecular formula is C31H48O4. The third kappa shape index (κ3) is 5.14. The van der Waals surface area contributed by atoms with Crippen molar-refractivity contribution in [2.45, 2.75) is 118 Å². The van der Waals surface area contributed by atoms with Crippen LogP contribution in [0.3, 0.4) is 0 Å². The predicted molar refractivity (Wildman–Crippen MR) is 140 cm³/mol. The molecule has 0 spiro atoms. The molecule has 0 bridgehead atoms. The highest BCUT2D eigenvalue weighted by molar-refractivity contribution is 5.66. The van der Waals surface area contributed by atoms with Crippen LogP contribution in [0.2, 0.25) is 0 Å². The molecule has 0 aromatic carbocycles. The Morgan fingerprint density at radius 3 is 2.51 bits per heavy atom. The number of ether oxygens (including phenoxy) is 2. The lowest BCUT2D eigenvalue weighted by atomic mass is 9.47. The van der Waals surface area contributed by atoms with Gasteiger partial charge in [0.15, 0.2) is 0 Å². The molecule has 4 nitrogen and oxygen atoms in total. The van der Waals surface area contributed by atoms with Crippen LogP contribution in [0, 0.1) is 40.4 Å². The number of hydrogen-bond acceptors (Lipinski definition) is 4. The highest BCUT2D eigenvalue weighted by Gasteiger charge is 2.59. The SMILES string of the molecule is CC(=O)O[C@H]1CC[C@@]2(C)C(=CC[C@H]3[C@@H]4CC[C@H]([C@H](C)/C=C/CC(C)(C)OC(C)=O)[C@@]4(C)CC[C@@H]32)C1. The van der Waals surface area contributed by atoms with Crippen molar-refractivity contribution in [1.29, 1.82) is 0 Å². The molecule has 0 aromatic rings. The van der Waals surface area contributed by atoms with Crippen LogP contribution in [0.1, 0.15) is 106 Å². The molecule has 0 unspecified atom stereocenters. The summed E-state index contributed by atoms with van der Waals surface area (Å²) in [5, 5.41) is 0. The number of fused-ring (bicyclic) bond motifs is 5. The molecule has 4 heteroatoms. The molecule has 196 valence electrons. The number of carbonyl (C=O) groups is 2. The first kappa shape index (κ1) is 26.5. The van der Waals surface area contributed by atoms with E-state index in [9.17, 15) is 9.59 Å². The number of carbonyl (C=O) groups excluding carboxylic acids is 2. The van der Waals surface area contributed by atoms with E-state index in [0.29, 0.717) is 11.3 Å². The Balaban J connectivity index is 1.45. The van der Waals surface area contributed by atoms with Crippen LogP contribution in [0.5, 0.6) is 0 Å². The van der Waals surface area contributed by atoms with Gasteiger partial charge in [0.1, 0.15) is 11.7 Å². The molecular weight excluding hydrogens is 436 g/mol. The maximum absolute atomic E-state index is 11.5. The molecule has 0 aliphatic heterocycles. The molecule has 3 saturated carbocycles. The molecule has 0 aromatic heterocycles. The largest absolute Gasteiger partial charge is 0.462 e. The van der Waals surface area contributed by atoms with Crippen LogP contribution in [-0.4, -0.2) is 23.6 Å². The van der Waals surface area contributed by atoms with E-state index in [1.807, 2.05) is 13.8 Å². The Labute approximate surface area is 213 Å². The Hall–Kier alpha value is -1.58. The van der Waals surface area contributed by atoms with Gasteiger partial charge in [-0.1, -0.05) is 44.6 Å². The van der Waals surface area contributed by atoms with Gasteiger partial charge in [-0.15, -0.1) is 0 Å². The van der Waals surface area contributed by atoms with Crippen molar-refractivity contribution in [3.05, 3.63) is 23.8 Å². The molecule has 0 radical (unpaired) electrons. The summed E-state index contributed by atoms with van der Waals surface area (Å²) in [6, 6.07) is 0. The average Bonchev–Trinajstić information content (AvgIpc) is 3.10. The normalized spacial score (nSPS) is 39.7. The van der Waals surface area contributed by atoms with E-state index in [2.05, 4.69) is 39.0 Å². The summed E-state index contributed by atoms with van der Waals surface area (Å²) in [7, 11) is 0. The first-order valence-electron chi connectivity index (χ1n) is 14.1. The van der Waals surface area contributed by atoms with Crippen LogP contribution in [-0.2, 0) is 19.1 Å². The maximum atomic E-state index is 11.5. The lowest BCUT2D eigenvalue weighted by Gasteiger charge is -2.58. The Kier molecular flexibility index (Phi) is 7.34. The van der Waals surface area contributed by atoms with E-state index in [1.54, 1.807) is 5.57 Å². The van der Waals surface area contributed by atoms with Crippen molar-refractivity contribution in [2.24, 2.45) is 40.4 Å². The molecule has 4 rings (SSSR count). The summed E-state index contributed by atoms with van der Waals surface area (Å²) >= 11 is 0. The van der Waals surface area contributed by atoms with E-state index in [-0.39, 0.29) is 23.5 Å². The highest BCUT2D eigenvalue weighted by atomic mass is 16.6. The van der Waals surface area contributed by atoms with E-state index < -0.39 is 5.60 Å². The molecule has 0 N–H and O–H groups in total. The monoisotopic (exact) mass is 484 g/mol. The predicted octanol–water partition coefficient (Wildman–Crippen LogP) is 7.42. The average molecular weight is 485 g/mol. The molecule has 0 heterocycles. The number of esters is 2. The van der Waals surface area contributed by atoms with Crippen molar-refractivity contribution in [3.8, 4) is 0 Å². The summed E-state index contributed by atoms with van der Waals surface area (Å²) in [5.74, 6) is 3.28. The third-order valence-electron chi connectivity index (χ3n) is 10.6. The fourth-order valence-electron chi connectivity index (χ4n) is 9.00. The van der Waals surface area contributed by atoms with Crippen LogP contribution in [0.4, 0.5) is 0 Å². The van der Waals surface area contributed by atoms with Gasteiger partial charge in [-0.2, -0.15) is 0 Å². The van der Waals surface area contributed by atoms with Gasteiger partial charge in [-0.3, -0.25) is 9.59 Å². The quantitative estimate of drug-likeness (QED) is 0.291. The van der Waals surface area contributed by atoms with Gasteiger partial charge in [0.2, 0.25) is 0 Å². The first-order chi connectivity index (χ1) is 16.4. The molecule has 0 amide bonds. The van der Waals surface area contributed by atoms with Crippen molar-refractivity contribution in [3.63, 3.8) is 0 Å². The second-order valence-electron chi connectivity index (χ2n) is 13.3. The minimum atomic E-state index is -0.446. The van der Waals surface area contributed by atoms with Crippen LogP contribution in [0.25, 0.3) is 0 Å². The first-order valence-corrected chi connectivity index (χ1v) is 14.1. The van der Waals surface area contributed by atoms with Gasteiger partial charge in [-0.05, 0) is 99.2 Å². The Morgan fingerprint density at radius 1 is 1.09 bits per heavy atom. The number of allylic oxidation sites excluding steroid dienone is 2. The summed E-state index contributed by atoms with van der Waals surface area (Å²) in [5.41, 5.74) is 1.82. The Morgan fingerprint density at radius 2 is 1.83 bits per heavy atom. The lowest BCUT2D eigenvalue weighted by molar-refractivity contribution is -0.153. The second kappa shape index (κ2) is 9.71. The molecule has 35 heavy (non-hydrogen) atoms. The summed E-state index contributed by atoms with van der Waals surface area (Å²) in [6.45, 7) is 14.5. The number of rotatable bonds is 6. The van der Waals surface area contributed by atoms with Gasteiger partial charge in [0.25, 0.3) is 0 Å². The van der Waals surface area contributed by atoms with Crippen LogP contribution < -0.4 is 0 Å². The van der Waals surface area contributed by atoms with E-state index in [1.165, 1.54) is 46.0 Å². The summed E-state index contributed by atoms with van der Waals surface area (Å²) in [6.07, 6.45) is 17.7. The van der Waals surface area contributed by atoms with Gasteiger partial charge in [-0.25, -0.2) is 0 Å². The van der Waals surface area contributed by atoms with Crippen molar-refractivity contribution in [2.75, 3.05) is 0 Å². The van der Waals surface area contributed by atoms with E-state index >= 15 is 0 Å². The summed E-state index contributed by atoms with van der Waals surface area (Å²) in [4.78, 5) is 22.9.